The van der Waals surface area contributed by atoms with Crippen LogP contribution < -0.4 is 4.74 Å². The number of ether oxygens (including phenoxy) is 2. The molecule has 0 bridgehead atoms. The van der Waals surface area contributed by atoms with Crippen LogP contribution in [-0.4, -0.2) is 48.8 Å². The highest BCUT2D eigenvalue weighted by Crippen LogP contribution is 2.22. The average Bonchev–Trinajstić information content (AvgIpc) is 2.42. The van der Waals surface area contributed by atoms with Gasteiger partial charge >= 0.3 is 6.09 Å². The van der Waals surface area contributed by atoms with Crippen molar-refractivity contribution in [2.45, 2.75) is 58.5 Å². The van der Waals surface area contributed by atoms with Gasteiger partial charge in [-0.15, -0.1) is 5.54 Å². The molecule has 0 aliphatic carbocycles. The molecule has 1 aliphatic rings. The number of nitrogens with zero attached hydrogens (tertiary/aromatic N) is 2. The van der Waals surface area contributed by atoms with E-state index in [4.69, 9.17) is 9.47 Å². The number of carbonyl (C=O) groups is 1. The molecule has 0 radical (unpaired) electrons. The van der Waals surface area contributed by atoms with Gasteiger partial charge in [0.1, 0.15) is 26.0 Å². The number of rotatable bonds is 3. The molecule has 0 saturated carbocycles. The molecular formula is C19H28N2O3Si. The van der Waals surface area contributed by atoms with Gasteiger partial charge in [0.2, 0.25) is 0 Å². The Hall–Kier alpha value is -2.00. The van der Waals surface area contributed by atoms with Gasteiger partial charge in [-0.3, -0.25) is 4.98 Å². The zero-order valence-corrected chi connectivity index (χ0v) is 17.0. The third-order valence-electron chi connectivity index (χ3n) is 3.51. The molecule has 1 saturated heterocycles. The van der Waals surface area contributed by atoms with Gasteiger partial charge in [0.25, 0.3) is 0 Å². The van der Waals surface area contributed by atoms with Gasteiger partial charge in [0.15, 0.2) is 0 Å². The number of hydrogen-bond acceptors (Lipinski definition) is 4. The minimum absolute atomic E-state index is 0.0478. The van der Waals surface area contributed by atoms with Crippen molar-refractivity contribution in [3.63, 3.8) is 0 Å². The summed E-state index contributed by atoms with van der Waals surface area (Å²) in [6.07, 6.45) is 4.06. The van der Waals surface area contributed by atoms with E-state index in [1.807, 2.05) is 26.8 Å². The van der Waals surface area contributed by atoms with Gasteiger partial charge in [0.05, 0.1) is 12.2 Å². The molecule has 0 aromatic carbocycles. The van der Waals surface area contributed by atoms with Crippen LogP contribution in [0, 0.1) is 11.5 Å². The van der Waals surface area contributed by atoms with E-state index < -0.39 is 13.7 Å². The minimum atomic E-state index is -1.42. The van der Waals surface area contributed by atoms with Gasteiger partial charge in [0, 0.05) is 18.3 Å². The normalized spacial score (nSPS) is 17.2. The molecule has 1 amide bonds. The minimum Gasteiger partial charge on any atom is -0.490 e. The van der Waals surface area contributed by atoms with Crippen LogP contribution in [-0.2, 0) is 4.74 Å². The number of aromatic nitrogens is 1. The molecule has 6 heteroatoms. The smallest absolute Gasteiger partial charge is 0.410 e. The van der Waals surface area contributed by atoms with Crippen LogP contribution >= 0.6 is 0 Å². The lowest BCUT2D eigenvalue weighted by molar-refractivity contribution is -0.0141. The van der Waals surface area contributed by atoms with Gasteiger partial charge < -0.3 is 14.4 Å². The van der Waals surface area contributed by atoms with E-state index in [0.29, 0.717) is 18.9 Å². The molecule has 0 N–H and O–H groups in total. The quantitative estimate of drug-likeness (QED) is 0.609. The van der Waals surface area contributed by atoms with Crippen molar-refractivity contribution >= 4 is 14.2 Å². The molecule has 1 fully saturated rings. The summed E-state index contributed by atoms with van der Waals surface area (Å²) in [6.45, 7) is 13.4. The number of hydrogen-bond donors (Lipinski definition) is 0. The number of pyridine rings is 1. The van der Waals surface area contributed by atoms with E-state index in [-0.39, 0.29) is 12.1 Å². The fourth-order valence-electron chi connectivity index (χ4n) is 2.19. The monoisotopic (exact) mass is 360 g/mol. The second-order valence-electron chi connectivity index (χ2n) is 8.34. The molecule has 1 atom stereocenters. The first-order valence-corrected chi connectivity index (χ1v) is 12.1. The Bertz CT molecular complexity index is 680. The van der Waals surface area contributed by atoms with Crippen LogP contribution in [0.15, 0.2) is 18.5 Å². The Morgan fingerprint density at radius 3 is 2.64 bits per heavy atom. The lowest BCUT2D eigenvalue weighted by Crippen LogP contribution is -2.55. The third-order valence-corrected chi connectivity index (χ3v) is 4.38. The Kier molecular flexibility index (Phi) is 5.78. The van der Waals surface area contributed by atoms with Crippen molar-refractivity contribution in [3.05, 3.63) is 24.0 Å². The van der Waals surface area contributed by atoms with Crippen molar-refractivity contribution in [1.82, 2.24) is 9.88 Å². The number of carbonyl (C=O) groups excluding carboxylic acids is 1. The molecule has 25 heavy (non-hydrogen) atoms. The first-order valence-electron chi connectivity index (χ1n) is 8.64. The highest BCUT2D eigenvalue weighted by molar-refractivity contribution is 6.83. The van der Waals surface area contributed by atoms with Crippen molar-refractivity contribution in [1.29, 1.82) is 0 Å². The largest absolute Gasteiger partial charge is 0.490 e. The third kappa shape index (κ3) is 6.43. The van der Waals surface area contributed by atoms with Crippen LogP contribution in [0.25, 0.3) is 0 Å². The topological polar surface area (TPSA) is 51.7 Å². The summed E-state index contributed by atoms with van der Waals surface area (Å²) in [5.74, 6) is 3.86. The van der Waals surface area contributed by atoms with Crippen LogP contribution in [0.3, 0.4) is 0 Å². The van der Waals surface area contributed by atoms with E-state index in [1.165, 1.54) is 0 Å². The average molecular weight is 361 g/mol. The van der Waals surface area contributed by atoms with Gasteiger partial charge in [-0.05, 0) is 33.3 Å². The maximum Gasteiger partial charge on any atom is 0.410 e. The highest BCUT2D eigenvalue weighted by atomic mass is 28.3. The SMILES string of the molecule is CC(C)(C)OC(=O)N1CCC1COc1cncc(C#C[Si](C)(C)C)c1. The van der Waals surface area contributed by atoms with Crippen LogP contribution in [0.4, 0.5) is 4.79 Å². The fraction of sp³-hybridized carbons (Fsp3) is 0.579. The van der Waals surface area contributed by atoms with Gasteiger partial charge in [-0.25, -0.2) is 4.79 Å². The maximum absolute atomic E-state index is 12.1. The molecule has 1 unspecified atom stereocenters. The van der Waals surface area contributed by atoms with E-state index in [2.05, 4.69) is 36.1 Å². The summed E-state index contributed by atoms with van der Waals surface area (Å²) in [4.78, 5) is 18.0. The zero-order valence-electron chi connectivity index (χ0n) is 16.0. The molecular weight excluding hydrogens is 332 g/mol. The van der Waals surface area contributed by atoms with Crippen molar-refractivity contribution in [2.24, 2.45) is 0 Å². The van der Waals surface area contributed by atoms with E-state index in [1.54, 1.807) is 17.3 Å². The second-order valence-corrected chi connectivity index (χ2v) is 13.1. The number of likely N-dealkylation sites (tertiary alicyclic amines) is 1. The molecule has 0 spiro atoms. The van der Waals surface area contributed by atoms with Crippen molar-refractivity contribution < 1.29 is 14.3 Å². The van der Waals surface area contributed by atoms with Crippen molar-refractivity contribution in [3.8, 4) is 17.2 Å². The first-order chi connectivity index (χ1) is 11.5. The standard InChI is InChI=1S/C19H28N2O3Si/c1-19(2,3)24-18(22)21-9-7-16(21)14-23-17-11-15(12-20-13-17)8-10-25(4,5)6/h11-13,16H,7,9,14H2,1-6H3. The summed E-state index contributed by atoms with van der Waals surface area (Å²) in [5.41, 5.74) is 3.70. The summed E-state index contributed by atoms with van der Waals surface area (Å²) >= 11 is 0. The predicted octanol–water partition coefficient (Wildman–Crippen LogP) is 3.70. The molecule has 1 aromatic rings. The highest BCUT2D eigenvalue weighted by Gasteiger charge is 2.35. The Morgan fingerprint density at radius 2 is 2.08 bits per heavy atom. The Balaban J connectivity index is 1.91. The second kappa shape index (κ2) is 7.48. The lowest BCUT2D eigenvalue weighted by Gasteiger charge is -2.40. The molecule has 136 valence electrons. The van der Waals surface area contributed by atoms with Crippen LogP contribution in [0.1, 0.15) is 32.8 Å². The van der Waals surface area contributed by atoms with Crippen LogP contribution in [0.5, 0.6) is 5.75 Å². The summed E-state index contributed by atoms with van der Waals surface area (Å²) in [5, 5.41) is 0. The first kappa shape index (κ1) is 19.3. The maximum atomic E-state index is 12.1. The Morgan fingerprint density at radius 1 is 1.36 bits per heavy atom. The van der Waals surface area contributed by atoms with E-state index in [0.717, 1.165) is 12.0 Å². The van der Waals surface area contributed by atoms with Crippen LogP contribution in [0.2, 0.25) is 19.6 Å². The Labute approximate surface area is 151 Å². The predicted molar refractivity (Wildman–Crippen MR) is 101 cm³/mol. The molecule has 5 nitrogen and oxygen atoms in total. The van der Waals surface area contributed by atoms with Crippen molar-refractivity contribution in [2.75, 3.05) is 13.2 Å². The molecule has 2 heterocycles. The lowest BCUT2D eigenvalue weighted by atomic mass is 10.1. The van der Waals surface area contributed by atoms with E-state index in [9.17, 15) is 4.79 Å². The summed E-state index contributed by atoms with van der Waals surface area (Å²) in [7, 11) is -1.42. The van der Waals surface area contributed by atoms with Gasteiger partial charge in [-0.1, -0.05) is 25.6 Å². The fourth-order valence-corrected chi connectivity index (χ4v) is 2.71. The van der Waals surface area contributed by atoms with Gasteiger partial charge in [-0.2, -0.15) is 0 Å². The molecule has 1 aliphatic heterocycles. The zero-order chi connectivity index (χ0) is 18.7. The number of amides is 1. The molecule has 2 rings (SSSR count). The summed E-state index contributed by atoms with van der Waals surface area (Å²) < 4.78 is 11.2. The van der Waals surface area contributed by atoms with E-state index >= 15 is 0 Å². The summed E-state index contributed by atoms with van der Waals surface area (Å²) in [6, 6.07) is 1.95. The molecule has 1 aromatic heterocycles.